The summed E-state index contributed by atoms with van der Waals surface area (Å²) in [6.07, 6.45) is 6.70. The number of allylic oxidation sites excluding steroid dienone is 2. The lowest BCUT2D eigenvalue weighted by Gasteiger charge is -2.28. The predicted octanol–water partition coefficient (Wildman–Crippen LogP) is 3.46. The molecule has 0 bridgehead atoms. The van der Waals surface area contributed by atoms with E-state index in [9.17, 15) is 0 Å². The number of hydrogen-bond donors (Lipinski definition) is 0. The maximum atomic E-state index is 4.17. The molecule has 2 atom stereocenters. The Hall–Kier alpha value is -0.740. The highest BCUT2D eigenvalue weighted by atomic mass is 14.4. The average molecular weight is 160 g/mol. The molecule has 64 valence electrons. The lowest BCUT2D eigenvalue weighted by atomic mass is 9.76. The van der Waals surface area contributed by atoms with Crippen LogP contribution in [0.25, 0.3) is 0 Å². The highest BCUT2D eigenvalue weighted by Gasteiger charge is 2.33. The quantitative estimate of drug-likeness (QED) is 0.476. The van der Waals surface area contributed by atoms with Crippen LogP contribution in [0.2, 0.25) is 0 Å². The summed E-state index contributed by atoms with van der Waals surface area (Å²) in [6, 6.07) is 0. The molecule has 0 aromatic rings. The summed E-state index contributed by atoms with van der Waals surface area (Å²) < 4.78 is 0. The van der Waals surface area contributed by atoms with Crippen LogP contribution in [0.4, 0.5) is 0 Å². The van der Waals surface area contributed by atoms with Gasteiger partial charge in [-0.25, -0.2) is 0 Å². The van der Waals surface area contributed by atoms with Gasteiger partial charge in [0.15, 0.2) is 0 Å². The van der Waals surface area contributed by atoms with E-state index in [0.29, 0.717) is 0 Å². The van der Waals surface area contributed by atoms with E-state index >= 15 is 0 Å². The van der Waals surface area contributed by atoms with Gasteiger partial charge in [0.1, 0.15) is 0 Å². The minimum absolute atomic E-state index is 0.781. The molecule has 0 heterocycles. The summed E-state index contributed by atoms with van der Waals surface area (Å²) >= 11 is 0. The molecule has 2 aliphatic rings. The number of fused-ring (bicyclic) bond motifs is 1. The Kier molecular flexibility index (Phi) is 1.94. The van der Waals surface area contributed by atoms with Crippen molar-refractivity contribution in [3.05, 3.63) is 30.0 Å². The van der Waals surface area contributed by atoms with E-state index in [4.69, 9.17) is 0 Å². The van der Waals surface area contributed by atoms with Gasteiger partial charge in [-0.15, -0.1) is 5.73 Å². The van der Waals surface area contributed by atoms with Crippen molar-refractivity contribution < 1.29 is 0 Å². The molecule has 0 spiro atoms. The van der Waals surface area contributed by atoms with Crippen LogP contribution >= 0.6 is 0 Å². The molecule has 2 rings (SSSR count). The highest BCUT2D eigenvalue weighted by molar-refractivity contribution is 5.33. The van der Waals surface area contributed by atoms with E-state index in [1.165, 1.54) is 43.3 Å². The zero-order valence-electron chi connectivity index (χ0n) is 7.60. The normalized spacial score (nSPS) is 34.7. The van der Waals surface area contributed by atoms with E-state index in [1.54, 1.807) is 0 Å². The molecule has 0 radical (unpaired) electrons. The Balaban J connectivity index is 2.24. The summed E-state index contributed by atoms with van der Waals surface area (Å²) in [6.45, 7) is 7.90. The monoisotopic (exact) mass is 160 g/mol. The Bertz CT molecular complexity index is 253. The maximum absolute atomic E-state index is 4.17. The van der Waals surface area contributed by atoms with Crippen molar-refractivity contribution in [3.8, 4) is 0 Å². The Labute approximate surface area is 74.7 Å². The van der Waals surface area contributed by atoms with Crippen molar-refractivity contribution in [2.24, 2.45) is 11.8 Å². The molecule has 2 aliphatic carbocycles. The first-order valence-electron chi connectivity index (χ1n) is 4.91. The molecule has 0 N–H and O–H groups in total. The third kappa shape index (κ3) is 1.07. The van der Waals surface area contributed by atoms with Crippen molar-refractivity contribution >= 4 is 0 Å². The van der Waals surface area contributed by atoms with Gasteiger partial charge in [0.25, 0.3) is 0 Å². The molecule has 0 amide bonds. The number of hydrogen-bond acceptors (Lipinski definition) is 0. The van der Waals surface area contributed by atoms with Crippen LogP contribution in [0.1, 0.15) is 32.1 Å². The molecule has 0 aliphatic heterocycles. The van der Waals surface area contributed by atoms with Crippen LogP contribution in [-0.4, -0.2) is 0 Å². The second-order valence-electron chi connectivity index (χ2n) is 4.02. The molecule has 0 heteroatoms. The zero-order chi connectivity index (χ0) is 8.55. The maximum Gasteiger partial charge on any atom is -0.00374 e. The molecule has 0 aromatic carbocycles. The summed E-state index contributed by atoms with van der Waals surface area (Å²) in [7, 11) is 0. The van der Waals surface area contributed by atoms with E-state index in [0.717, 1.165) is 11.8 Å². The van der Waals surface area contributed by atoms with Crippen LogP contribution in [0.5, 0.6) is 0 Å². The smallest absolute Gasteiger partial charge is 0.00374 e. The largest absolute Gasteiger partial charge is 0.125 e. The van der Waals surface area contributed by atoms with Gasteiger partial charge in [-0.2, -0.15) is 0 Å². The predicted molar refractivity (Wildman–Crippen MR) is 51.9 cm³/mol. The first-order chi connectivity index (χ1) is 5.83. The standard InChI is InChI=1S/C12H16/c1-3-10-7-8-11-5-4-6-12(11)9(10)2/h11-12H,1-2,4-8H2. The third-order valence-electron chi connectivity index (χ3n) is 3.47. The summed E-state index contributed by atoms with van der Waals surface area (Å²) in [5.41, 5.74) is 5.68. The Morgan fingerprint density at radius 1 is 1.25 bits per heavy atom. The summed E-state index contributed by atoms with van der Waals surface area (Å²) in [5, 5.41) is 0. The molecule has 2 fully saturated rings. The third-order valence-corrected chi connectivity index (χ3v) is 3.47. The topological polar surface area (TPSA) is 0 Å². The number of rotatable bonds is 0. The zero-order valence-corrected chi connectivity index (χ0v) is 7.60. The van der Waals surface area contributed by atoms with Crippen LogP contribution in [0, 0.1) is 11.8 Å². The van der Waals surface area contributed by atoms with Crippen molar-refractivity contribution in [1.29, 1.82) is 0 Å². The van der Waals surface area contributed by atoms with Gasteiger partial charge in [-0.05, 0) is 48.7 Å². The molecule has 0 nitrogen and oxygen atoms in total. The molecule has 0 aromatic heterocycles. The Morgan fingerprint density at radius 2 is 2.08 bits per heavy atom. The van der Waals surface area contributed by atoms with Gasteiger partial charge in [-0.3, -0.25) is 0 Å². The first kappa shape index (κ1) is 7.89. The second kappa shape index (κ2) is 2.95. The van der Waals surface area contributed by atoms with Crippen molar-refractivity contribution in [1.82, 2.24) is 0 Å². The fraction of sp³-hybridized carbons (Fsp3) is 0.583. The van der Waals surface area contributed by atoms with E-state index in [2.05, 4.69) is 18.9 Å². The molecular weight excluding hydrogens is 144 g/mol. The lowest BCUT2D eigenvalue weighted by molar-refractivity contribution is 0.385. The van der Waals surface area contributed by atoms with E-state index < -0.39 is 0 Å². The SMILES string of the molecule is C=C=C1CCC2CCCC2C1=C. The summed E-state index contributed by atoms with van der Waals surface area (Å²) in [5.74, 6) is 1.72. The van der Waals surface area contributed by atoms with Gasteiger partial charge < -0.3 is 0 Å². The first-order valence-corrected chi connectivity index (χ1v) is 4.91. The summed E-state index contributed by atoms with van der Waals surface area (Å²) in [4.78, 5) is 0. The van der Waals surface area contributed by atoms with Gasteiger partial charge in [-0.1, -0.05) is 19.6 Å². The van der Waals surface area contributed by atoms with Gasteiger partial charge in [0.2, 0.25) is 0 Å². The van der Waals surface area contributed by atoms with Gasteiger partial charge in [0.05, 0.1) is 0 Å². The molecule has 2 saturated carbocycles. The Morgan fingerprint density at radius 3 is 2.83 bits per heavy atom. The highest BCUT2D eigenvalue weighted by Crippen LogP contribution is 2.46. The second-order valence-corrected chi connectivity index (χ2v) is 4.02. The fourth-order valence-corrected chi connectivity index (χ4v) is 2.76. The molecule has 2 unspecified atom stereocenters. The van der Waals surface area contributed by atoms with Crippen LogP contribution in [-0.2, 0) is 0 Å². The van der Waals surface area contributed by atoms with Crippen molar-refractivity contribution in [2.75, 3.05) is 0 Å². The van der Waals surface area contributed by atoms with E-state index in [1.807, 2.05) is 0 Å². The van der Waals surface area contributed by atoms with Crippen LogP contribution in [0.15, 0.2) is 30.0 Å². The lowest BCUT2D eigenvalue weighted by Crippen LogP contribution is -2.17. The van der Waals surface area contributed by atoms with Crippen molar-refractivity contribution in [3.63, 3.8) is 0 Å². The molecular formula is C12H16. The van der Waals surface area contributed by atoms with Crippen LogP contribution in [0.3, 0.4) is 0 Å². The molecule has 12 heavy (non-hydrogen) atoms. The minimum atomic E-state index is 0.781. The minimum Gasteiger partial charge on any atom is -0.125 e. The van der Waals surface area contributed by atoms with Crippen LogP contribution < -0.4 is 0 Å². The van der Waals surface area contributed by atoms with Crippen molar-refractivity contribution in [2.45, 2.75) is 32.1 Å². The van der Waals surface area contributed by atoms with Gasteiger partial charge >= 0.3 is 0 Å². The average Bonchev–Trinajstić information content (AvgIpc) is 2.53. The van der Waals surface area contributed by atoms with Gasteiger partial charge in [0, 0.05) is 0 Å². The fourth-order valence-electron chi connectivity index (χ4n) is 2.76. The van der Waals surface area contributed by atoms with E-state index in [-0.39, 0.29) is 0 Å². The molecule has 0 saturated heterocycles.